The van der Waals surface area contributed by atoms with Crippen LogP contribution in [0.3, 0.4) is 0 Å². The van der Waals surface area contributed by atoms with E-state index in [1.165, 1.54) is 10.4 Å². The van der Waals surface area contributed by atoms with Crippen LogP contribution in [0.25, 0.3) is 11.0 Å². The molecule has 1 amide bonds. The summed E-state index contributed by atoms with van der Waals surface area (Å²) in [5.41, 5.74) is 4.02. The van der Waals surface area contributed by atoms with Gasteiger partial charge in [-0.1, -0.05) is 30.0 Å². The number of carbonyl (C=O) groups excluding carboxylic acids is 1. The van der Waals surface area contributed by atoms with Crippen molar-refractivity contribution in [3.63, 3.8) is 0 Å². The van der Waals surface area contributed by atoms with Crippen LogP contribution in [0.15, 0.2) is 49.8 Å². The van der Waals surface area contributed by atoms with Crippen LogP contribution in [0.5, 0.6) is 0 Å². The highest BCUT2D eigenvalue weighted by Gasteiger charge is 2.28. The molecule has 0 atom stereocenters. The summed E-state index contributed by atoms with van der Waals surface area (Å²) in [5, 5.41) is 5.17. The third-order valence-corrected chi connectivity index (χ3v) is 8.11. The zero-order valence-corrected chi connectivity index (χ0v) is 17.8. The molecule has 28 heavy (non-hydrogen) atoms. The van der Waals surface area contributed by atoms with Crippen LogP contribution in [0.4, 0.5) is 0 Å². The van der Waals surface area contributed by atoms with E-state index in [1.54, 1.807) is 34.4 Å². The monoisotopic (exact) mass is 426 g/mol. The first-order chi connectivity index (χ1) is 13.7. The molecule has 0 aliphatic carbocycles. The van der Waals surface area contributed by atoms with E-state index < -0.39 is 0 Å². The van der Waals surface area contributed by atoms with Gasteiger partial charge in [-0.05, 0) is 36.4 Å². The highest BCUT2D eigenvalue weighted by Crippen LogP contribution is 2.34. The quantitative estimate of drug-likeness (QED) is 0.390. The molecule has 0 saturated carbocycles. The molecule has 0 spiro atoms. The van der Waals surface area contributed by atoms with Crippen LogP contribution >= 0.6 is 34.4 Å². The zero-order valence-electron chi connectivity index (χ0n) is 15.3. The minimum atomic E-state index is -0.0148. The Kier molecular flexibility index (Phi) is 4.74. The summed E-state index contributed by atoms with van der Waals surface area (Å²) in [7, 11) is 0. The number of rotatable bonds is 4. The smallest absolute Gasteiger partial charge is 0.290 e. The summed E-state index contributed by atoms with van der Waals surface area (Å²) in [4.78, 5) is 21.2. The molecule has 0 bridgehead atoms. The van der Waals surface area contributed by atoms with E-state index in [4.69, 9.17) is 4.42 Å². The molecular formula is C21H18N2O2S3. The number of aryl methyl sites for hydroxylation is 1. The predicted molar refractivity (Wildman–Crippen MR) is 115 cm³/mol. The minimum Gasteiger partial charge on any atom is -0.451 e. The van der Waals surface area contributed by atoms with Crippen molar-refractivity contribution >= 4 is 51.3 Å². The number of carbonyl (C=O) groups is 1. The minimum absolute atomic E-state index is 0.0148. The van der Waals surface area contributed by atoms with Crippen molar-refractivity contribution in [3.8, 4) is 0 Å². The number of thioether (sulfide) groups is 1. The topological polar surface area (TPSA) is 46.3 Å². The molecular weight excluding hydrogens is 408 g/mol. The Bertz CT molecular complexity index is 1160. The van der Waals surface area contributed by atoms with Gasteiger partial charge in [0.15, 0.2) is 5.76 Å². The molecule has 1 aliphatic rings. The number of para-hydroxylation sites is 1. The molecule has 4 nitrogen and oxygen atoms in total. The van der Waals surface area contributed by atoms with Crippen LogP contribution in [0.2, 0.25) is 0 Å². The van der Waals surface area contributed by atoms with Crippen molar-refractivity contribution < 1.29 is 9.21 Å². The molecule has 0 saturated heterocycles. The van der Waals surface area contributed by atoms with Crippen LogP contribution in [0, 0.1) is 6.92 Å². The maximum Gasteiger partial charge on any atom is 0.290 e. The third-order valence-electron chi connectivity index (χ3n) is 4.93. The summed E-state index contributed by atoms with van der Waals surface area (Å²) >= 11 is 5.08. The van der Waals surface area contributed by atoms with Crippen molar-refractivity contribution in [2.75, 3.05) is 6.54 Å². The standard InChI is InChI=1S/C21H18N2O2S3/c1-13-11-27-21(22-13)28-12-16-15-4-2-3-5-17(15)25-19(16)20(24)23-8-6-18-14(10-23)7-9-26-18/h2-5,7,9,11H,6,8,10,12H2,1H3. The van der Waals surface area contributed by atoms with Crippen molar-refractivity contribution in [1.29, 1.82) is 0 Å². The van der Waals surface area contributed by atoms with Gasteiger partial charge in [0.05, 0.1) is 0 Å². The lowest BCUT2D eigenvalue weighted by molar-refractivity contribution is 0.0705. The Morgan fingerprint density at radius 3 is 3.04 bits per heavy atom. The van der Waals surface area contributed by atoms with Crippen molar-refractivity contribution in [3.05, 3.63) is 68.6 Å². The van der Waals surface area contributed by atoms with Crippen molar-refractivity contribution in [1.82, 2.24) is 9.88 Å². The molecule has 5 rings (SSSR count). The summed E-state index contributed by atoms with van der Waals surface area (Å²) in [6, 6.07) is 10.0. The van der Waals surface area contributed by atoms with E-state index in [2.05, 4.69) is 16.4 Å². The number of hydrogen-bond donors (Lipinski definition) is 0. The molecule has 4 heterocycles. The maximum absolute atomic E-state index is 13.4. The van der Waals surface area contributed by atoms with Crippen LogP contribution in [-0.4, -0.2) is 22.3 Å². The average Bonchev–Trinajstić information content (AvgIpc) is 3.43. The lowest BCUT2D eigenvalue weighted by Gasteiger charge is -2.26. The number of hydrogen-bond acceptors (Lipinski definition) is 6. The van der Waals surface area contributed by atoms with Gasteiger partial charge in [-0.25, -0.2) is 4.98 Å². The summed E-state index contributed by atoms with van der Waals surface area (Å²) in [5.74, 6) is 1.13. The largest absolute Gasteiger partial charge is 0.451 e. The maximum atomic E-state index is 13.4. The predicted octanol–water partition coefficient (Wildman–Crippen LogP) is 5.75. The van der Waals surface area contributed by atoms with Crippen LogP contribution in [0.1, 0.15) is 32.3 Å². The molecule has 142 valence electrons. The van der Waals surface area contributed by atoms with Gasteiger partial charge >= 0.3 is 0 Å². The van der Waals surface area contributed by atoms with E-state index in [0.717, 1.165) is 39.5 Å². The van der Waals surface area contributed by atoms with E-state index >= 15 is 0 Å². The Hall–Kier alpha value is -2.09. The SMILES string of the molecule is Cc1csc(SCc2c(C(=O)N3CCc4sccc4C3)oc3ccccc23)n1. The van der Waals surface area contributed by atoms with Crippen molar-refractivity contribution in [2.45, 2.75) is 30.0 Å². The molecule has 0 unspecified atom stereocenters. The Labute approximate surface area is 175 Å². The second-order valence-electron chi connectivity index (χ2n) is 6.80. The lowest BCUT2D eigenvalue weighted by atomic mass is 10.1. The Morgan fingerprint density at radius 1 is 1.29 bits per heavy atom. The fraction of sp³-hybridized carbons (Fsp3) is 0.238. The fourth-order valence-corrected chi connectivity index (χ4v) is 6.28. The zero-order chi connectivity index (χ0) is 19.1. The molecule has 7 heteroatoms. The summed E-state index contributed by atoms with van der Waals surface area (Å²) < 4.78 is 7.07. The van der Waals surface area contributed by atoms with Gasteiger partial charge in [-0.15, -0.1) is 22.7 Å². The van der Waals surface area contributed by atoms with Gasteiger partial charge in [-0.2, -0.15) is 0 Å². The Balaban J connectivity index is 1.47. The molecule has 0 radical (unpaired) electrons. The number of thiophene rings is 1. The second kappa shape index (κ2) is 7.39. The van der Waals surface area contributed by atoms with Gasteiger partial charge < -0.3 is 9.32 Å². The first-order valence-corrected chi connectivity index (χ1v) is 11.8. The lowest BCUT2D eigenvalue weighted by Crippen LogP contribution is -2.35. The van der Waals surface area contributed by atoms with Crippen molar-refractivity contribution in [2.24, 2.45) is 0 Å². The number of aromatic nitrogens is 1. The third kappa shape index (κ3) is 3.27. The number of amides is 1. The number of furan rings is 1. The summed E-state index contributed by atoms with van der Waals surface area (Å²) in [6.07, 6.45) is 0.918. The molecule has 1 aliphatic heterocycles. The molecule has 0 fully saturated rings. The van der Waals surface area contributed by atoms with Crippen LogP contribution in [-0.2, 0) is 18.7 Å². The van der Waals surface area contributed by atoms with Gasteiger partial charge in [0.2, 0.25) is 0 Å². The first-order valence-electron chi connectivity index (χ1n) is 9.09. The highest BCUT2D eigenvalue weighted by atomic mass is 32.2. The normalized spacial score (nSPS) is 13.8. The van der Waals surface area contributed by atoms with Gasteiger partial charge in [0, 0.05) is 45.7 Å². The molecule has 0 N–H and O–H groups in total. The average molecular weight is 427 g/mol. The number of fused-ring (bicyclic) bond motifs is 2. The van der Waals surface area contributed by atoms with E-state index in [1.807, 2.05) is 41.5 Å². The van der Waals surface area contributed by atoms with E-state index in [-0.39, 0.29) is 5.91 Å². The highest BCUT2D eigenvalue weighted by molar-refractivity contribution is 8.00. The molecule has 4 aromatic rings. The van der Waals surface area contributed by atoms with E-state index in [0.29, 0.717) is 18.1 Å². The van der Waals surface area contributed by atoms with Gasteiger partial charge in [0.1, 0.15) is 9.92 Å². The number of nitrogens with zero attached hydrogens (tertiary/aromatic N) is 2. The number of benzene rings is 1. The fourth-order valence-electron chi connectivity index (χ4n) is 3.51. The number of thiazole rings is 1. The molecule has 3 aromatic heterocycles. The van der Waals surface area contributed by atoms with Gasteiger partial charge in [-0.3, -0.25) is 4.79 Å². The summed E-state index contributed by atoms with van der Waals surface area (Å²) in [6.45, 7) is 3.40. The van der Waals surface area contributed by atoms with Crippen LogP contribution < -0.4 is 0 Å². The second-order valence-corrected chi connectivity index (χ2v) is 9.88. The molecule has 1 aromatic carbocycles. The van der Waals surface area contributed by atoms with Gasteiger partial charge in [0.25, 0.3) is 5.91 Å². The Morgan fingerprint density at radius 2 is 2.18 bits per heavy atom. The first kappa shape index (κ1) is 18.0. The van der Waals surface area contributed by atoms with E-state index in [9.17, 15) is 4.79 Å².